The first-order valence-corrected chi connectivity index (χ1v) is 9.84. The Morgan fingerprint density at radius 3 is 2.34 bits per heavy atom. The van der Waals surface area contributed by atoms with Crippen molar-refractivity contribution in [1.82, 2.24) is 0 Å². The molecule has 1 amide bonds. The minimum Gasteiger partial charge on any atom is -0.503 e. The van der Waals surface area contributed by atoms with Gasteiger partial charge in [-0.3, -0.25) is 14.5 Å². The molecular formula is C24H28N2O3. The van der Waals surface area contributed by atoms with Crippen molar-refractivity contribution in [2.24, 2.45) is 5.92 Å². The Morgan fingerprint density at radius 1 is 1.14 bits per heavy atom. The number of aliphatic hydroxyl groups excluding tert-OH is 1. The highest BCUT2D eigenvalue weighted by Gasteiger charge is 2.44. The van der Waals surface area contributed by atoms with Crippen molar-refractivity contribution in [3.05, 3.63) is 71.0 Å². The van der Waals surface area contributed by atoms with Gasteiger partial charge in [0, 0.05) is 31.9 Å². The fraction of sp³-hybridized carbons (Fsp3) is 0.333. The molecule has 5 nitrogen and oxygen atoms in total. The normalized spacial score (nSPS) is 16.7. The van der Waals surface area contributed by atoms with E-state index in [9.17, 15) is 14.7 Å². The monoisotopic (exact) mass is 392 g/mol. The van der Waals surface area contributed by atoms with Crippen molar-refractivity contribution in [2.45, 2.75) is 33.2 Å². The molecule has 0 spiro atoms. The largest absolute Gasteiger partial charge is 0.503 e. The Labute approximate surface area is 172 Å². The number of anilines is 2. The van der Waals surface area contributed by atoms with Crippen LogP contribution in [0.4, 0.5) is 11.4 Å². The molecule has 152 valence electrons. The van der Waals surface area contributed by atoms with Crippen LogP contribution in [0.5, 0.6) is 0 Å². The second kappa shape index (κ2) is 8.11. The van der Waals surface area contributed by atoms with E-state index in [1.165, 1.54) is 4.90 Å². The van der Waals surface area contributed by atoms with Gasteiger partial charge in [0.2, 0.25) is 0 Å². The summed E-state index contributed by atoms with van der Waals surface area (Å²) in [5.74, 6) is -1.05. The van der Waals surface area contributed by atoms with Crippen molar-refractivity contribution in [1.29, 1.82) is 0 Å². The van der Waals surface area contributed by atoms with Gasteiger partial charge in [-0.25, -0.2) is 0 Å². The zero-order valence-corrected chi connectivity index (χ0v) is 17.6. The zero-order valence-electron chi connectivity index (χ0n) is 17.6. The number of hydrogen-bond donors (Lipinski definition) is 1. The van der Waals surface area contributed by atoms with Gasteiger partial charge in [0.25, 0.3) is 5.91 Å². The number of aryl methyl sites for hydroxylation is 1. The summed E-state index contributed by atoms with van der Waals surface area (Å²) in [5.41, 5.74) is 3.65. The highest BCUT2D eigenvalue weighted by molar-refractivity contribution is 6.16. The molecule has 0 saturated carbocycles. The molecule has 5 heteroatoms. The van der Waals surface area contributed by atoms with Crippen molar-refractivity contribution in [2.75, 3.05) is 23.9 Å². The van der Waals surface area contributed by atoms with E-state index in [0.717, 1.165) is 16.8 Å². The van der Waals surface area contributed by atoms with Gasteiger partial charge in [0.05, 0.1) is 11.6 Å². The number of Topliss-reactive ketones (excluding diaryl/α,β-unsaturated/α-hetero) is 1. The molecule has 0 bridgehead atoms. The van der Waals surface area contributed by atoms with Crippen LogP contribution in [0, 0.1) is 12.8 Å². The Bertz CT molecular complexity index is 958. The molecular weight excluding hydrogens is 364 g/mol. The van der Waals surface area contributed by atoms with Gasteiger partial charge in [-0.05, 0) is 48.2 Å². The van der Waals surface area contributed by atoms with Crippen molar-refractivity contribution < 1.29 is 14.7 Å². The first kappa shape index (κ1) is 20.6. The lowest BCUT2D eigenvalue weighted by Crippen LogP contribution is -2.31. The molecule has 29 heavy (non-hydrogen) atoms. The molecule has 1 heterocycles. The van der Waals surface area contributed by atoms with Crippen LogP contribution in [0.2, 0.25) is 0 Å². The fourth-order valence-electron chi connectivity index (χ4n) is 3.69. The van der Waals surface area contributed by atoms with Gasteiger partial charge in [-0.15, -0.1) is 0 Å². The molecule has 0 aliphatic carbocycles. The third kappa shape index (κ3) is 4.04. The maximum absolute atomic E-state index is 13.0. The van der Waals surface area contributed by atoms with Crippen LogP contribution in [0.1, 0.15) is 37.4 Å². The van der Waals surface area contributed by atoms with Crippen LogP contribution in [0.25, 0.3) is 0 Å². The summed E-state index contributed by atoms with van der Waals surface area (Å²) in [4.78, 5) is 29.6. The lowest BCUT2D eigenvalue weighted by Gasteiger charge is -2.28. The van der Waals surface area contributed by atoms with E-state index >= 15 is 0 Å². The number of ketones is 1. The van der Waals surface area contributed by atoms with Gasteiger partial charge in [-0.1, -0.05) is 38.1 Å². The average Bonchev–Trinajstić information content (AvgIpc) is 2.92. The molecule has 2 aromatic rings. The Balaban J connectivity index is 2.13. The third-order valence-corrected chi connectivity index (χ3v) is 5.11. The number of nitrogens with zero attached hydrogens (tertiary/aromatic N) is 2. The van der Waals surface area contributed by atoms with Crippen molar-refractivity contribution in [3.63, 3.8) is 0 Å². The highest BCUT2D eigenvalue weighted by Crippen LogP contribution is 2.42. The summed E-state index contributed by atoms with van der Waals surface area (Å²) in [5, 5.41) is 10.7. The summed E-state index contributed by atoms with van der Waals surface area (Å²) in [6.45, 7) is 5.85. The summed E-state index contributed by atoms with van der Waals surface area (Å²) >= 11 is 0. The molecule has 1 atom stereocenters. The minimum absolute atomic E-state index is 0.127. The average molecular weight is 392 g/mol. The molecule has 0 aromatic heterocycles. The number of rotatable bonds is 6. The molecule has 0 fully saturated rings. The van der Waals surface area contributed by atoms with E-state index in [4.69, 9.17) is 0 Å². The summed E-state index contributed by atoms with van der Waals surface area (Å²) in [7, 11) is 3.91. The van der Waals surface area contributed by atoms with Crippen LogP contribution < -0.4 is 9.80 Å². The lowest BCUT2D eigenvalue weighted by atomic mass is 9.92. The molecule has 2 aromatic carbocycles. The molecule has 0 saturated heterocycles. The second-order valence-electron chi connectivity index (χ2n) is 8.19. The number of hydrogen-bond acceptors (Lipinski definition) is 4. The van der Waals surface area contributed by atoms with Gasteiger partial charge in [0.15, 0.2) is 11.5 Å². The third-order valence-electron chi connectivity index (χ3n) is 5.11. The Kier molecular flexibility index (Phi) is 5.78. The SMILES string of the molecule is Cc1cccc(N2C(=O)C(O)=C(C(=O)CC(C)C)C2c2ccc(N(C)C)cc2)c1. The number of benzene rings is 2. The standard InChI is InChI=1S/C24H28N2O3/c1-15(2)13-20(27)21-22(17-9-11-18(12-10-17)25(4)5)26(24(29)23(21)28)19-8-6-7-16(3)14-19/h6-12,14-15,22,28H,13H2,1-5H3. The molecule has 0 radical (unpaired) electrons. The van der Waals surface area contributed by atoms with E-state index in [2.05, 4.69) is 0 Å². The quantitative estimate of drug-likeness (QED) is 0.782. The van der Waals surface area contributed by atoms with E-state index in [0.29, 0.717) is 5.69 Å². The van der Waals surface area contributed by atoms with Crippen LogP contribution in [-0.2, 0) is 9.59 Å². The fourth-order valence-corrected chi connectivity index (χ4v) is 3.69. The Hall–Kier alpha value is -3.08. The molecule has 1 aliphatic rings. The topological polar surface area (TPSA) is 60.9 Å². The van der Waals surface area contributed by atoms with E-state index in [1.807, 2.05) is 88.3 Å². The maximum Gasteiger partial charge on any atom is 0.294 e. The van der Waals surface area contributed by atoms with Gasteiger partial charge >= 0.3 is 0 Å². The predicted molar refractivity (Wildman–Crippen MR) is 116 cm³/mol. The smallest absolute Gasteiger partial charge is 0.294 e. The molecule has 1 unspecified atom stereocenters. The van der Waals surface area contributed by atoms with E-state index < -0.39 is 17.7 Å². The second-order valence-corrected chi connectivity index (χ2v) is 8.19. The van der Waals surface area contributed by atoms with Crippen molar-refractivity contribution in [3.8, 4) is 0 Å². The van der Waals surface area contributed by atoms with Crippen LogP contribution in [0.15, 0.2) is 59.9 Å². The summed E-state index contributed by atoms with van der Waals surface area (Å²) in [6, 6.07) is 14.6. The zero-order chi connectivity index (χ0) is 21.3. The lowest BCUT2D eigenvalue weighted by molar-refractivity contribution is -0.118. The number of carbonyl (C=O) groups excluding carboxylic acids is 2. The van der Waals surface area contributed by atoms with Gasteiger partial charge < -0.3 is 10.0 Å². The summed E-state index contributed by atoms with van der Waals surface area (Å²) < 4.78 is 0. The highest BCUT2D eigenvalue weighted by atomic mass is 16.3. The van der Waals surface area contributed by atoms with Crippen LogP contribution in [-0.4, -0.2) is 30.9 Å². The van der Waals surface area contributed by atoms with Gasteiger partial charge in [-0.2, -0.15) is 0 Å². The van der Waals surface area contributed by atoms with Crippen molar-refractivity contribution >= 4 is 23.1 Å². The number of amides is 1. The van der Waals surface area contributed by atoms with Crippen LogP contribution in [0.3, 0.4) is 0 Å². The molecule has 1 aliphatic heterocycles. The molecule has 1 N–H and O–H groups in total. The van der Waals surface area contributed by atoms with Crippen LogP contribution >= 0.6 is 0 Å². The van der Waals surface area contributed by atoms with E-state index in [1.54, 1.807) is 0 Å². The maximum atomic E-state index is 13.0. The van der Waals surface area contributed by atoms with Gasteiger partial charge in [0.1, 0.15) is 0 Å². The van der Waals surface area contributed by atoms with E-state index in [-0.39, 0.29) is 23.7 Å². The number of aliphatic hydroxyl groups is 1. The predicted octanol–water partition coefficient (Wildman–Crippen LogP) is 4.58. The Morgan fingerprint density at radius 2 is 1.79 bits per heavy atom. The molecule has 3 rings (SSSR count). The summed E-state index contributed by atoms with van der Waals surface area (Å²) in [6.07, 6.45) is 0.278. The first-order valence-electron chi connectivity index (χ1n) is 9.84. The number of carbonyl (C=O) groups is 2. The minimum atomic E-state index is -0.647. The first-order chi connectivity index (χ1) is 13.7.